The molecule has 0 aliphatic carbocycles. The van der Waals surface area contributed by atoms with Crippen LogP contribution in [0.15, 0.2) is 45.6 Å². The maximum Gasteiger partial charge on any atom is 0.331 e. The molecule has 0 amide bonds. The monoisotopic (exact) mass is 582 g/mol. The third-order valence-electron chi connectivity index (χ3n) is 3.66. The zero-order valence-corrected chi connectivity index (χ0v) is 22.1. The molecule has 0 aromatic rings. The molecule has 9 heteroatoms. The summed E-state index contributed by atoms with van der Waals surface area (Å²) in [5.74, 6) is 0.166. The van der Waals surface area contributed by atoms with Crippen LogP contribution in [0.3, 0.4) is 0 Å². The van der Waals surface area contributed by atoms with Gasteiger partial charge in [0.1, 0.15) is 11.1 Å². The SMILES string of the molecule is C.CCOC(=O)/C=C/C1=CCCCO1.CCOC(=O)/C=C/I.C[Si](C)(O)C1=CCCCO1. The summed E-state index contributed by atoms with van der Waals surface area (Å²) in [6.07, 6.45) is 12.6. The lowest BCUT2D eigenvalue weighted by atomic mass is 10.2. The van der Waals surface area contributed by atoms with E-state index in [1.54, 1.807) is 24.0 Å². The molecule has 0 radical (unpaired) electrons. The highest BCUT2D eigenvalue weighted by Gasteiger charge is 2.26. The van der Waals surface area contributed by atoms with E-state index in [4.69, 9.17) is 14.2 Å². The third kappa shape index (κ3) is 18.0. The molecule has 0 atom stereocenters. The fourth-order valence-corrected chi connectivity index (χ4v) is 3.65. The first kappa shape index (κ1) is 32.6. The molecule has 0 saturated heterocycles. The molecule has 2 aliphatic rings. The van der Waals surface area contributed by atoms with Crippen LogP contribution in [0.5, 0.6) is 0 Å². The van der Waals surface area contributed by atoms with E-state index in [2.05, 4.69) is 4.74 Å². The molecule has 0 bridgehead atoms. The lowest BCUT2D eigenvalue weighted by molar-refractivity contribution is -0.138. The van der Waals surface area contributed by atoms with Crippen LogP contribution in [0.1, 0.15) is 47.0 Å². The molecular weight excluding hydrogens is 543 g/mol. The summed E-state index contributed by atoms with van der Waals surface area (Å²) >= 11 is 1.96. The summed E-state index contributed by atoms with van der Waals surface area (Å²) in [7, 11) is -2.12. The van der Waals surface area contributed by atoms with Crippen molar-refractivity contribution in [2.45, 2.75) is 60.1 Å². The van der Waals surface area contributed by atoms with Gasteiger partial charge in [0.25, 0.3) is 8.32 Å². The second kappa shape index (κ2) is 20.0. The van der Waals surface area contributed by atoms with E-state index in [1.165, 1.54) is 12.2 Å². The molecule has 32 heavy (non-hydrogen) atoms. The average Bonchev–Trinajstić information content (AvgIpc) is 2.75. The number of hydrogen-bond donors (Lipinski definition) is 1. The van der Waals surface area contributed by atoms with Crippen molar-refractivity contribution in [1.82, 2.24) is 0 Å². The van der Waals surface area contributed by atoms with Gasteiger partial charge in [0.15, 0.2) is 0 Å². The quantitative estimate of drug-likeness (QED) is 0.195. The first-order valence-corrected chi connectivity index (χ1v) is 14.6. The van der Waals surface area contributed by atoms with Crippen LogP contribution >= 0.6 is 22.6 Å². The van der Waals surface area contributed by atoms with Gasteiger partial charge in [-0.3, -0.25) is 0 Å². The van der Waals surface area contributed by atoms with Gasteiger partial charge in [-0.05, 0) is 74.9 Å². The van der Waals surface area contributed by atoms with Crippen molar-refractivity contribution in [2.75, 3.05) is 26.4 Å². The summed E-state index contributed by atoms with van der Waals surface area (Å²) in [6.45, 7) is 9.68. The van der Waals surface area contributed by atoms with Crippen LogP contribution in [0.2, 0.25) is 13.1 Å². The van der Waals surface area contributed by atoms with Gasteiger partial charge in [0, 0.05) is 12.2 Å². The number of ether oxygens (including phenoxy) is 4. The van der Waals surface area contributed by atoms with Crippen molar-refractivity contribution < 1.29 is 33.3 Å². The summed E-state index contributed by atoms with van der Waals surface area (Å²) in [5, 5.41) is 0.860. The van der Waals surface area contributed by atoms with Gasteiger partial charge in [-0.2, -0.15) is 0 Å². The van der Waals surface area contributed by atoms with Crippen LogP contribution in [0, 0.1) is 0 Å². The molecule has 2 heterocycles. The Hall–Kier alpha value is -1.59. The summed E-state index contributed by atoms with van der Waals surface area (Å²) in [6, 6.07) is 0. The van der Waals surface area contributed by atoms with Crippen molar-refractivity contribution in [1.29, 1.82) is 0 Å². The van der Waals surface area contributed by atoms with Crippen molar-refractivity contribution in [2.24, 2.45) is 0 Å². The number of hydrogen-bond acceptors (Lipinski definition) is 7. The van der Waals surface area contributed by atoms with Gasteiger partial charge in [0.05, 0.1) is 26.4 Å². The lowest BCUT2D eigenvalue weighted by Crippen LogP contribution is -2.31. The highest BCUT2D eigenvalue weighted by Crippen LogP contribution is 2.18. The number of carbonyl (C=O) groups excluding carboxylic acids is 2. The number of rotatable bonds is 6. The lowest BCUT2D eigenvalue weighted by Gasteiger charge is -2.22. The summed E-state index contributed by atoms with van der Waals surface area (Å²) < 4.78 is 21.5. The highest BCUT2D eigenvalue weighted by atomic mass is 127. The summed E-state index contributed by atoms with van der Waals surface area (Å²) in [5.41, 5.74) is 0. The van der Waals surface area contributed by atoms with Gasteiger partial charge in [-0.25, -0.2) is 9.59 Å². The molecule has 184 valence electrons. The number of allylic oxidation sites excluding steroid dienone is 3. The van der Waals surface area contributed by atoms with Gasteiger partial charge in [-0.1, -0.05) is 30.0 Å². The molecule has 7 nitrogen and oxygen atoms in total. The minimum Gasteiger partial charge on any atom is -0.500 e. The van der Waals surface area contributed by atoms with E-state index in [1.807, 2.05) is 47.8 Å². The first-order chi connectivity index (χ1) is 14.7. The minimum absolute atomic E-state index is 0. The first-order valence-electron chi connectivity index (χ1n) is 10.4. The smallest absolute Gasteiger partial charge is 0.331 e. The van der Waals surface area contributed by atoms with Crippen LogP contribution in [0.25, 0.3) is 0 Å². The zero-order valence-electron chi connectivity index (χ0n) is 18.9. The van der Waals surface area contributed by atoms with Gasteiger partial charge >= 0.3 is 11.9 Å². The zero-order chi connectivity index (χ0) is 23.5. The third-order valence-corrected chi connectivity index (χ3v) is 5.57. The molecule has 0 aromatic heterocycles. The van der Waals surface area contributed by atoms with Crippen molar-refractivity contribution in [3.05, 3.63) is 45.6 Å². The Morgan fingerprint density at radius 3 is 1.94 bits per heavy atom. The molecule has 0 unspecified atom stereocenters. The Kier molecular flexibility index (Phi) is 20.4. The van der Waals surface area contributed by atoms with Gasteiger partial charge < -0.3 is 23.7 Å². The Balaban J connectivity index is 0. The second-order valence-electron chi connectivity index (χ2n) is 6.85. The van der Waals surface area contributed by atoms with Gasteiger partial charge in [0.2, 0.25) is 0 Å². The van der Waals surface area contributed by atoms with Gasteiger partial charge in [-0.15, -0.1) is 0 Å². The van der Waals surface area contributed by atoms with Crippen molar-refractivity contribution >= 4 is 42.8 Å². The molecule has 0 aromatic carbocycles. The van der Waals surface area contributed by atoms with E-state index in [0.717, 1.165) is 50.0 Å². The molecule has 2 rings (SSSR count). The number of carbonyl (C=O) groups is 2. The normalized spacial score (nSPS) is 15.3. The van der Waals surface area contributed by atoms with E-state index in [9.17, 15) is 14.4 Å². The maximum absolute atomic E-state index is 10.9. The Bertz CT molecular complexity index is 649. The Morgan fingerprint density at radius 2 is 1.56 bits per heavy atom. The van der Waals surface area contributed by atoms with Crippen molar-refractivity contribution in [3.8, 4) is 0 Å². The molecular formula is C23H39IO7Si. The highest BCUT2D eigenvalue weighted by molar-refractivity contribution is 14.1. The predicted molar refractivity (Wildman–Crippen MR) is 139 cm³/mol. The largest absolute Gasteiger partial charge is 0.500 e. The molecule has 1 N–H and O–H groups in total. The summed E-state index contributed by atoms with van der Waals surface area (Å²) in [4.78, 5) is 30.8. The van der Waals surface area contributed by atoms with Crippen LogP contribution in [-0.2, 0) is 28.5 Å². The van der Waals surface area contributed by atoms with E-state index in [0.29, 0.717) is 13.2 Å². The van der Waals surface area contributed by atoms with E-state index < -0.39 is 8.32 Å². The van der Waals surface area contributed by atoms with E-state index >= 15 is 0 Å². The van der Waals surface area contributed by atoms with Crippen LogP contribution < -0.4 is 0 Å². The van der Waals surface area contributed by atoms with Crippen LogP contribution in [-0.4, -0.2) is 51.5 Å². The number of esters is 2. The fourth-order valence-electron chi connectivity index (χ4n) is 2.26. The predicted octanol–water partition coefficient (Wildman–Crippen LogP) is 5.35. The molecule has 0 fully saturated rings. The molecule has 0 spiro atoms. The van der Waals surface area contributed by atoms with Crippen LogP contribution in [0.4, 0.5) is 0 Å². The Labute approximate surface area is 207 Å². The molecule has 2 aliphatic heterocycles. The van der Waals surface area contributed by atoms with Crippen molar-refractivity contribution in [3.63, 3.8) is 0 Å². The standard InChI is InChI=1S/C10H14O3.C7H14O2Si.C5H7IO2.CH4/c1-2-12-10(11)7-6-9-5-3-4-8-13-9;1-10(2,8)7-5-3-4-6-9-7;1-2-8-5(7)3-4-6;/h5-7H,2-4,8H2,1H3;5,8H,3-4,6H2,1-2H3;3-4H,2H2,1H3;1H4/b7-6+;;4-3+;. The second-order valence-corrected chi connectivity index (χ2v) is 11.2. The maximum atomic E-state index is 10.9. The topological polar surface area (TPSA) is 91.3 Å². The Morgan fingerprint density at radius 1 is 1.03 bits per heavy atom. The minimum atomic E-state index is -2.12. The fraction of sp³-hybridized carbons (Fsp3) is 0.565. The number of halogens is 1. The average molecular weight is 583 g/mol. The molecule has 0 saturated carbocycles. The van der Waals surface area contributed by atoms with E-state index in [-0.39, 0.29) is 19.4 Å².